The Hall–Kier alpha value is -4.65. The monoisotopic (exact) mass is 489 g/mol. The predicted octanol–water partition coefficient (Wildman–Crippen LogP) is 6.02. The molecule has 3 heterocycles. The first-order chi connectivity index (χ1) is 18.2. The molecule has 0 aliphatic carbocycles. The van der Waals surface area contributed by atoms with Gasteiger partial charge >= 0.3 is 0 Å². The molecule has 1 amide bonds. The summed E-state index contributed by atoms with van der Waals surface area (Å²) in [5.41, 5.74) is 10.6. The van der Waals surface area contributed by atoms with Crippen molar-refractivity contribution in [1.82, 2.24) is 20.1 Å². The largest absolute Gasteiger partial charge is 0.457 e. The number of likely N-dealkylation sites (tertiary alicyclic amines) is 1. The molecule has 1 fully saturated rings. The molecule has 0 bridgehead atoms. The summed E-state index contributed by atoms with van der Waals surface area (Å²) >= 11 is 0. The normalized spacial score (nSPS) is 14.1. The van der Waals surface area contributed by atoms with Gasteiger partial charge in [0.15, 0.2) is 5.82 Å². The fourth-order valence-corrected chi connectivity index (χ4v) is 4.95. The Labute approximate surface area is 214 Å². The number of H-pyrrole nitrogens is 1. The molecule has 184 valence electrons. The number of amides is 1. The van der Waals surface area contributed by atoms with Crippen molar-refractivity contribution in [2.24, 2.45) is 0 Å². The van der Waals surface area contributed by atoms with Crippen LogP contribution in [-0.2, 0) is 0 Å². The number of nitrogen functional groups attached to an aromatic ring is 1. The fraction of sp³-hybridized carbons (Fsp3) is 0.167. The number of para-hydroxylation sites is 1. The highest BCUT2D eigenvalue weighted by molar-refractivity contribution is 6.00. The summed E-state index contributed by atoms with van der Waals surface area (Å²) in [4.78, 5) is 19.9. The van der Waals surface area contributed by atoms with E-state index in [2.05, 4.69) is 16.3 Å². The summed E-state index contributed by atoms with van der Waals surface area (Å²) in [6.07, 6.45) is 1.70. The number of benzene rings is 3. The minimum atomic E-state index is 0.0855. The second kappa shape index (κ2) is 9.78. The van der Waals surface area contributed by atoms with Crippen molar-refractivity contribution >= 4 is 22.6 Å². The van der Waals surface area contributed by atoms with Crippen LogP contribution in [0.1, 0.15) is 34.8 Å². The quantitative estimate of drug-likeness (QED) is 0.315. The molecule has 0 saturated carbocycles. The molecule has 1 aliphatic heterocycles. The van der Waals surface area contributed by atoms with Crippen molar-refractivity contribution in [3.05, 3.63) is 102 Å². The Kier molecular flexibility index (Phi) is 6.02. The Morgan fingerprint density at radius 3 is 2.24 bits per heavy atom. The maximum absolute atomic E-state index is 12.9. The van der Waals surface area contributed by atoms with Crippen LogP contribution < -0.4 is 10.5 Å². The maximum atomic E-state index is 12.9. The molecule has 2 aromatic heterocycles. The first kappa shape index (κ1) is 22.8. The number of aromatic nitrogens is 3. The molecular formula is C30H27N5O2. The van der Waals surface area contributed by atoms with Crippen LogP contribution in [0.5, 0.6) is 11.5 Å². The summed E-state index contributed by atoms with van der Waals surface area (Å²) in [6.45, 7) is 1.40. The number of hydrogen-bond donors (Lipinski definition) is 2. The number of aromatic amines is 1. The van der Waals surface area contributed by atoms with Gasteiger partial charge in [-0.15, -0.1) is 0 Å². The van der Waals surface area contributed by atoms with E-state index in [1.807, 2.05) is 89.8 Å². The average Bonchev–Trinajstić information content (AvgIpc) is 3.34. The van der Waals surface area contributed by atoms with Crippen molar-refractivity contribution in [1.29, 1.82) is 0 Å². The summed E-state index contributed by atoms with van der Waals surface area (Å²) in [5, 5.41) is 8.13. The van der Waals surface area contributed by atoms with Gasteiger partial charge < -0.3 is 15.4 Å². The van der Waals surface area contributed by atoms with Crippen LogP contribution in [0.25, 0.3) is 22.2 Å². The third-order valence-corrected chi connectivity index (χ3v) is 6.92. The fourth-order valence-electron chi connectivity index (χ4n) is 4.95. The summed E-state index contributed by atoms with van der Waals surface area (Å²) in [6, 6.07) is 29.1. The molecule has 1 aliphatic rings. The Morgan fingerprint density at radius 2 is 1.54 bits per heavy atom. The number of pyridine rings is 1. The number of carbonyl (C=O) groups excluding carboxylic acids is 1. The summed E-state index contributed by atoms with van der Waals surface area (Å²) in [5.74, 6) is 2.29. The van der Waals surface area contributed by atoms with Crippen LogP contribution in [0.2, 0.25) is 0 Å². The Balaban J connectivity index is 1.25. The van der Waals surface area contributed by atoms with E-state index < -0.39 is 0 Å². The minimum Gasteiger partial charge on any atom is -0.457 e. The van der Waals surface area contributed by atoms with Crippen molar-refractivity contribution in [2.75, 3.05) is 18.8 Å². The molecule has 3 N–H and O–H groups in total. The first-order valence-corrected chi connectivity index (χ1v) is 12.5. The molecule has 0 unspecified atom stereocenters. The Morgan fingerprint density at radius 1 is 0.892 bits per heavy atom. The lowest BCUT2D eigenvalue weighted by Crippen LogP contribution is -2.38. The van der Waals surface area contributed by atoms with E-state index >= 15 is 0 Å². The van der Waals surface area contributed by atoms with Crippen molar-refractivity contribution in [3.8, 4) is 22.8 Å². The van der Waals surface area contributed by atoms with Crippen molar-refractivity contribution in [3.63, 3.8) is 0 Å². The molecule has 6 rings (SSSR count). The number of fused-ring (bicyclic) bond motifs is 1. The number of carbonyl (C=O) groups is 1. The first-order valence-electron chi connectivity index (χ1n) is 12.5. The van der Waals surface area contributed by atoms with Gasteiger partial charge in [-0.1, -0.05) is 36.4 Å². The van der Waals surface area contributed by atoms with Gasteiger partial charge in [0.05, 0.1) is 16.6 Å². The van der Waals surface area contributed by atoms with Gasteiger partial charge in [-0.05, 0) is 67.4 Å². The topological polar surface area (TPSA) is 97.1 Å². The van der Waals surface area contributed by atoms with Crippen molar-refractivity contribution < 1.29 is 9.53 Å². The van der Waals surface area contributed by atoms with E-state index in [0.717, 1.165) is 57.8 Å². The molecule has 3 aromatic carbocycles. The molecule has 0 atom stereocenters. The number of ether oxygens (including phenoxy) is 1. The molecule has 7 nitrogen and oxygen atoms in total. The minimum absolute atomic E-state index is 0.0855. The zero-order chi connectivity index (χ0) is 25.2. The van der Waals surface area contributed by atoms with Crippen LogP contribution in [0.15, 0.2) is 91.0 Å². The van der Waals surface area contributed by atoms with Gasteiger partial charge in [-0.25, -0.2) is 0 Å². The van der Waals surface area contributed by atoms with Gasteiger partial charge in [0.2, 0.25) is 0 Å². The second-order valence-corrected chi connectivity index (χ2v) is 9.30. The van der Waals surface area contributed by atoms with Crippen LogP contribution in [-0.4, -0.2) is 39.1 Å². The lowest BCUT2D eigenvalue weighted by atomic mass is 9.91. The van der Waals surface area contributed by atoms with E-state index in [0.29, 0.717) is 18.9 Å². The van der Waals surface area contributed by atoms with Gasteiger partial charge in [-0.2, -0.15) is 5.10 Å². The van der Waals surface area contributed by atoms with E-state index in [1.54, 1.807) is 0 Å². The van der Waals surface area contributed by atoms with Crippen LogP contribution in [0.3, 0.4) is 0 Å². The summed E-state index contributed by atoms with van der Waals surface area (Å²) < 4.78 is 5.95. The van der Waals surface area contributed by atoms with Crippen LogP contribution in [0.4, 0.5) is 5.82 Å². The number of piperidine rings is 1. The predicted molar refractivity (Wildman–Crippen MR) is 145 cm³/mol. The van der Waals surface area contributed by atoms with Gasteiger partial charge in [-0.3, -0.25) is 14.9 Å². The third-order valence-electron chi connectivity index (χ3n) is 6.92. The number of rotatable bonds is 5. The SMILES string of the molecule is Nc1n[nH]c2cc(C3CCN(C(=O)c4ccccc4)CC3)nc(-c3ccc(Oc4ccccc4)cc3)c12. The van der Waals surface area contributed by atoms with E-state index in [-0.39, 0.29) is 11.8 Å². The molecule has 1 saturated heterocycles. The highest BCUT2D eigenvalue weighted by Crippen LogP contribution is 2.36. The number of hydrogen-bond acceptors (Lipinski definition) is 5. The zero-order valence-corrected chi connectivity index (χ0v) is 20.3. The molecule has 0 radical (unpaired) electrons. The van der Waals surface area contributed by atoms with E-state index in [1.165, 1.54) is 0 Å². The molecule has 0 spiro atoms. The van der Waals surface area contributed by atoms with Gasteiger partial charge in [0, 0.05) is 35.8 Å². The number of nitrogens with two attached hydrogens (primary N) is 1. The highest BCUT2D eigenvalue weighted by Gasteiger charge is 2.26. The van der Waals surface area contributed by atoms with Gasteiger partial charge in [0.25, 0.3) is 5.91 Å². The average molecular weight is 490 g/mol. The standard InChI is InChI=1S/C30H27N5O2/c31-29-27-26(33-34-29)19-25(20-15-17-35(18-16-20)30(36)22-7-3-1-4-8-22)32-28(27)21-11-13-24(14-12-21)37-23-9-5-2-6-10-23/h1-14,19-20H,15-18H2,(H3,31,33,34). The molecular weight excluding hydrogens is 462 g/mol. The Bertz CT molecular complexity index is 1520. The highest BCUT2D eigenvalue weighted by atomic mass is 16.5. The zero-order valence-electron chi connectivity index (χ0n) is 20.3. The number of anilines is 1. The lowest BCUT2D eigenvalue weighted by Gasteiger charge is -2.32. The van der Waals surface area contributed by atoms with E-state index in [4.69, 9.17) is 15.5 Å². The lowest BCUT2D eigenvalue weighted by molar-refractivity contribution is 0.0712. The maximum Gasteiger partial charge on any atom is 0.253 e. The number of nitrogens with zero attached hydrogens (tertiary/aromatic N) is 3. The smallest absolute Gasteiger partial charge is 0.253 e. The number of nitrogens with one attached hydrogen (secondary N) is 1. The van der Waals surface area contributed by atoms with Crippen LogP contribution >= 0.6 is 0 Å². The van der Waals surface area contributed by atoms with Crippen LogP contribution in [0, 0.1) is 0 Å². The van der Waals surface area contributed by atoms with Crippen molar-refractivity contribution in [2.45, 2.75) is 18.8 Å². The molecule has 5 aromatic rings. The second-order valence-electron chi connectivity index (χ2n) is 9.30. The molecule has 7 heteroatoms. The van der Waals surface area contributed by atoms with E-state index in [9.17, 15) is 4.79 Å². The van der Waals surface area contributed by atoms with Gasteiger partial charge in [0.1, 0.15) is 11.5 Å². The molecule has 37 heavy (non-hydrogen) atoms. The summed E-state index contributed by atoms with van der Waals surface area (Å²) in [7, 11) is 0. The third kappa shape index (κ3) is 4.63.